The minimum Gasteiger partial charge on any atom is -0.441 e. The van der Waals surface area contributed by atoms with Crippen molar-refractivity contribution < 1.29 is 4.42 Å². The summed E-state index contributed by atoms with van der Waals surface area (Å²) < 4.78 is 6.97. The molecule has 0 aliphatic carbocycles. The van der Waals surface area contributed by atoms with Crippen molar-refractivity contribution in [2.24, 2.45) is 0 Å². The van der Waals surface area contributed by atoms with Gasteiger partial charge in [0.1, 0.15) is 0 Å². The Bertz CT molecular complexity index is 479. The minimum atomic E-state index is 0.821. The molecule has 4 heteroatoms. The van der Waals surface area contributed by atoms with Gasteiger partial charge in [-0.25, -0.2) is 4.98 Å². The average molecular weight is 356 g/mol. The molecule has 2 aromatic rings. The van der Waals surface area contributed by atoms with Crippen LogP contribution in [0.5, 0.6) is 0 Å². The zero-order valence-corrected chi connectivity index (χ0v) is 12.6. The second kappa shape index (κ2) is 6.89. The monoisotopic (exact) mass is 356 g/mol. The largest absolute Gasteiger partial charge is 0.441 e. The van der Waals surface area contributed by atoms with Gasteiger partial charge in [0.2, 0.25) is 0 Å². The fourth-order valence-corrected chi connectivity index (χ4v) is 2.07. The molecule has 1 heterocycles. The van der Waals surface area contributed by atoms with Crippen molar-refractivity contribution in [1.29, 1.82) is 0 Å². The Kier molecular flexibility index (Phi) is 5.19. The number of nitrogens with one attached hydrogen (secondary N) is 1. The third-order valence-electron chi connectivity index (χ3n) is 2.68. The maximum atomic E-state index is 5.75. The van der Waals surface area contributed by atoms with Crippen molar-refractivity contribution in [1.82, 2.24) is 10.3 Å². The molecule has 1 N–H and O–H groups in total. The molecule has 0 bridgehead atoms. The minimum absolute atomic E-state index is 0.821. The van der Waals surface area contributed by atoms with E-state index < -0.39 is 0 Å². The van der Waals surface area contributed by atoms with Gasteiger partial charge in [-0.3, -0.25) is 0 Å². The van der Waals surface area contributed by atoms with Gasteiger partial charge in [0.25, 0.3) is 0 Å². The molecule has 0 saturated heterocycles. The summed E-state index contributed by atoms with van der Waals surface area (Å²) in [5, 5.41) is 3.29. The molecule has 0 saturated carbocycles. The van der Waals surface area contributed by atoms with Gasteiger partial charge < -0.3 is 9.73 Å². The Morgan fingerprint density at radius 3 is 2.78 bits per heavy atom. The average Bonchev–Trinajstić information content (AvgIpc) is 2.84. The van der Waals surface area contributed by atoms with E-state index in [9.17, 15) is 0 Å². The van der Waals surface area contributed by atoms with Crippen LogP contribution in [0.3, 0.4) is 0 Å². The van der Waals surface area contributed by atoms with Crippen LogP contribution in [-0.4, -0.2) is 18.1 Å². The second-order valence-corrected chi connectivity index (χ2v) is 5.33. The van der Waals surface area contributed by atoms with Crippen LogP contribution in [0.1, 0.15) is 19.2 Å². The fourth-order valence-electron chi connectivity index (χ4n) is 1.71. The lowest BCUT2D eigenvalue weighted by molar-refractivity contribution is 0.493. The number of hydrogen-bond donors (Lipinski definition) is 1. The number of aromatic nitrogens is 1. The number of benzene rings is 1. The molecular formula is C14H17IN2O. The topological polar surface area (TPSA) is 38.1 Å². The molecule has 3 nitrogen and oxygen atoms in total. The second-order valence-electron chi connectivity index (χ2n) is 4.08. The van der Waals surface area contributed by atoms with E-state index in [1.54, 1.807) is 0 Å². The van der Waals surface area contributed by atoms with Crippen molar-refractivity contribution in [3.8, 4) is 11.3 Å². The Hall–Kier alpha value is -0.880. The van der Waals surface area contributed by atoms with E-state index in [1.165, 1.54) is 3.57 Å². The van der Waals surface area contributed by atoms with E-state index in [1.807, 2.05) is 6.20 Å². The normalized spacial score (nSPS) is 10.8. The SMILES string of the molecule is CCNCCCc1ncc(-c2ccc(I)cc2)o1. The first-order valence-electron chi connectivity index (χ1n) is 6.21. The summed E-state index contributed by atoms with van der Waals surface area (Å²) in [6, 6.07) is 8.27. The van der Waals surface area contributed by atoms with E-state index >= 15 is 0 Å². The molecule has 1 aromatic heterocycles. The maximum absolute atomic E-state index is 5.75. The quantitative estimate of drug-likeness (QED) is 0.636. The Balaban J connectivity index is 1.95. The zero-order chi connectivity index (χ0) is 12.8. The van der Waals surface area contributed by atoms with E-state index in [0.717, 1.165) is 43.1 Å². The van der Waals surface area contributed by atoms with Crippen molar-refractivity contribution in [2.45, 2.75) is 19.8 Å². The zero-order valence-electron chi connectivity index (χ0n) is 10.4. The molecule has 18 heavy (non-hydrogen) atoms. The van der Waals surface area contributed by atoms with Crippen molar-refractivity contribution in [3.05, 3.63) is 39.9 Å². The Morgan fingerprint density at radius 2 is 2.06 bits per heavy atom. The third kappa shape index (κ3) is 3.81. The number of rotatable bonds is 6. The van der Waals surface area contributed by atoms with Crippen LogP contribution in [0, 0.1) is 3.57 Å². The molecule has 1 aromatic carbocycles. The summed E-state index contributed by atoms with van der Waals surface area (Å²) in [6.45, 7) is 4.14. The van der Waals surface area contributed by atoms with Crippen LogP contribution < -0.4 is 5.32 Å². The van der Waals surface area contributed by atoms with Crippen LogP contribution in [0.4, 0.5) is 0 Å². The van der Waals surface area contributed by atoms with E-state index in [-0.39, 0.29) is 0 Å². The number of oxazole rings is 1. The van der Waals surface area contributed by atoms with Crippen LogP contribution in [0.2, 0.25) is 0 Å². The summed E-state index contributed by atoms with van der Waals surface area (Å²) in [6.07, 6.45) is 3.75. The first-order chi connectivity index (χ1) is 8.79. The van der Waals surface area contributed by atoms with Gasteiger partial charge in [-0.1, -0.05) is 19.1 Å². The lowest BCUT2D eigenvalue weighted by atomic mass is 10.2. The first-order valence-corrected chi connectivity index (χ1v) is 7.29. The van der Waals surface area contributed by atoms with Crippen LogP contribution in [0.15, 0.2) is 34.9 Å². The molecule has 0 unspecified atom stereocenters. The predicted octanol–water partition coefficient (Wildman–Crippen LogP) is 3.49. The molecule has 96 valence electrons. The van der Waals surface area contributed by atoms with Gasteiger partial charge in [-0.05, 0) is 54.2 Å². The van der Waals surface area contributed by atoms with Gasteiger partial charge >= 0.3 is 0 Å². The molecule has 0 radical (unpaired) electrons. The maximum Gasteiger partial charge on any atom is 0.194 e. The standard InChI is InChI=1S/C14H17IN2O/c1-2-16-9-3-4-14-17-10-13(18-14)11-5-7-12(15)8-6-11/h5-8,10,16H,2-4,9H2,1H3. The summed E-state index contributed by atoms with van der Waals surface area (Å²) in [7, 11) is 0. The fraction of sp³-hybridized carbons (Fsp3) is 0.357. The van der Waals surface area contributed by atoms with Crippen LogP contribution in [0.25, 0.3) is 11.3 Å². The lowest BCUT2D eigenvalue weighted by Crippen LogP contribution is -2.14. The van der Waals surface area contributed by atoms with Gasteiger partial charge in [-0.2, -0.15) is 0 Å². The number of hydrogen-bond acceptors (Lipinski definition) is 3. The molecular weight excluding hydrogens is 339 g/mol. The predicted molar refractivity (Wildman–Crippen MR) is 81.5 cm³/mol. The highest BCUT2D eigenvalue weighted by atomic mass is 127. The van der Waals surface area contributed by atoms with Crippen LogP contribution in [-0.2, 0) is 6.42 Å². The summed E-state index contributed by atoms with van der Waals surface area (Å²) in [4.78, 5) is 4.32. The summed E-state index contributed by atoms with van der Waals surface area (Å²) in [5.41, 5.74) is 1.08. The molecule has 0 aliphatic heterocycles. The van der Waals surface area contributed by atoms with E-state index in [4.69, 9.17) is 4.42 Å². The van der Waals surface area contributed by atoms with Crippen LogP contribution >= 0.6 is 22.6 Å². The molecule has 0 aliphatic rings. The number of aryl methyl sites for hydroxylation is 1. The van der Waals surface area contributed by atoms with Crippen molar-refractivity contribution >= 4 is 22.6 Å². The Labute approximate surface area is 121 Å². The van der Waals surface area contributed by atoms with Gasteiger partial charge in [-0.15, -0.1) is 0 Å². The van der Waals surface area contributed by atoms with Gasteiger partial charge in [0, 0.05) is 15.6 Å². The smallest absolute Gasteiger partial charge is 0.194 e. The molecule has 0 amide bonds. The highest BCUT2D eigenvalue weighted by Gasteiger charge is 2.05. The highest BCUT2D eigenvalue weighted by Crippen LogP contribution is 2.21. The van der Waals surface area contributed by atoms with Crippen molar-refractivity contribution in [2.75, 3.05) is 13.1 Å². The summed E-state index contributed by atoms with van der Waals surface area (Å²) >= 11 is 2.29. The molecule has 2 rings (SSSR count). The molecule has 0 fully saturated rings. The highest BCUT2D eigenvalue weighted by molar-refractivity contribution is 14.1. The third-order valence-corrected chi connectivity index (χ3v) is 3.40. The van der Waals surface area contributed by atoms with Crippen molar-refractivity contribution in [3.63, 3.8) is 0 Å². The number of halogens is 1. The van der Waals surface area contributed by atoms with E-state index in [0.29, 0.717) is 0 Å². The Morgan fingerprint density at radius 1 is 1.28 bits per heavy atom. The summed E-state index contributed by atoms with van der Waals surface area (Å²) in [5.74, 6) is 1.67. The lowest BCUT2D eigenvalue weighted by Gasteiger charge is -1.99. The molecule has 0 atom stereocenters. The van der Waals surface area contributed by atoms with E-state index in [2.05, 4.69) is 64.1 Å². The number of nitrogens with zero attached hydrogens (tertiary/aromatic N) is 1. The first kappa shape index (κ1) is 13.5. The molecule has 0 spiro atoms. The van der Waals surface area contributed by atoms with Gasteiger partial charge in [0.15, 0.2) is 11.7 Å². The van der Waals surface area contributed by atoms with Gasteiger partial charge in [0.05, 0.1) is 6.20 Å².